The zero-order chi connectivity index (χ0) is 17.1. The normalized spacial score (nSPS) is 15.2. The molecular weight excluding hydrogens is 374 g/mol. The minimum absolute atomic E-state index is 0.219. The van der Waals surface area contributed by atoms with Gasteiger partial charge < -0.3 is 14.2 Å². The molecule has 0 saturated carbocycles. The zero-order valence-corrected chi connectivity index (χ0v) is 14.7. The zero-order valence-electron chi connectivity index (χ0n) is 13.1. The third kappa shape index (κ3) is 3.33. The molecule has 0 spiro atoms. The lowest BCUT2D eigenvalue weighted by atomic mass is 10.1. The number of carbonyl (C=O) groups excluding carboxylic acids is 1. The summed E-state index contributed by atoms with van der Waals surface area (Å²) in [5.41, 5.74) is 1.67. The number of ether oxygens (including phenoxy) is 3. The number of carbonyl (C=O) groups is 1. The highest BCUT2D eigenvalue weighted by molar-refractivity contribution is 9.10. The highest BCUT2D eigenvalue weighted by atomic mass is 79.9. The second kappa shape index (κ2) is 6.88. The molecule has 3 rings (SSSR count). The second-order valence-electron chi connectivity index (χ2n) is 4.95. The first-order valence-corrected chi connectivity index (χ1v) is 7.90. The Morgan fingerprint density at radius 3 is 2.50 bits per heavy atom. The van der Waals surface area contributed by atoms with Gasteiger partial charge in [0.05, 0.1) is 14.2 Å². The number of hydrogen-bond acceptors (Lipinski definition) is 5. The van der Waals surface area contributed by atoms with Gasteiger partial charge in [-0.15, -0.1) is 0 Å². The number of nitrogens with zero attached hydrogens (tertiary/aromatic N) is 1. The van der Waals surface area contributed by atoms with Gasteiger partial charge in [-0.25, -0.2) is 9.79 Å². The fourth-order valence-electron chi connectivity index (χ4n) is 2.21. The van der Waals surface area contributed by atoms with Crippen molar-refractivity contribution >= 4 is 33.9 Å². The van der Waals surface area contributed by atoms with Gasteiger partial charge in [-0.2, -0.15) is 0 Å². The number of hydrogen-bond donors (Lipinski definition) is 0. The van der Waals surface area contributed by atoms with Crippen molar-refractivity contribution in [3.8, 4) is 11.5 Å². The van der Waals surface area contributed by atoms with E-state index in [1.807, 2.05) is 24.3 Å². The Bertz CT molecular complexity index is 841. The molecular formula is C18H14BrNO4. The van der Waals surface area contributed by atoms with E-state index in [0.29, 0.717) is 17.1 Å². The van der Waals surface area contributed by atoms with Crippen molar-refractivity contribution < 1.29 is 19.0 Å². The Kier molecular flexibility index (Phi) is 4.66. The number of aliphatic imine (C=N–C) groups is 1. The number of rotatable bonds is 4. The van der Waals surface area contributed by atoms with Crippen LogP contribution in [0.5, 0.6) is 11.5 Å². The molecule has 2 aromatic carbocycles. The van der Waals surface area contributed by atoms with E-state index in [1.54, 1.807) is 38.5 Å². The summed E-state index contributed by atoms with van der Waals surface area (Å²) >= 11 is 3.37. The summed E-state index contributed by atoms with van der Waals surface area (Å²) in [6.07, 6.45) is 1.63. The molecule has 0 bridgehead atoms. The van der Waals surface area contributed by atoms with E-state index in [9.17, 15) is 4.79 Å². The van der Waals surface area contributed by atoms with Crippen LogP contribution in [-0.4, -0.2) is 26.1 Å². The average Bonchev–Trinajstić information content (AvgIpc) is 2.96. The second-order valence-corrected chi connectivity index (χ2v) is 5.87. The molecule has 0 aliphatic carbocycles. The molecule has 1 aliphatic rings. The van der Waals surface area contributed by atoms with E-state index in [0.717, 1.165) is 10.0 Å². The number of halogens is 1. The van der Waals surface area contributed by atoms with Gasteiger partial charge in [0, 0.05) is 21.7 Å². The maximum atomic E-state index is 12.1. The maximum absolute atomic E-state index is 12.1. The molecule has 1 aliphatic heterocycles. The summed E-state index contributed by atoms with van der Waals surface area (Å²) < 4.78 is 16.7. The maximum Gasteiger partial charge on any atom is 0.363 e. The first kappa shape index (κ1) is 16.3. The summed E-state index contributed by atoms with van der Waals surface area (Å²) in [6.45, 7) is 0. The lowest BCUT2D eigenvalue weighted by molar-refractivity contribution is -0.129. The van der Waals surface area contributed by atoms with Crippen molar-refractivity contribution in [1.29, 1.82) is 0 Å². The van der Waals surface area contributed by atoms with Crippen LogP contribution in [0.2, 0.25) is 0 Å². The minimum Gasteiger partial charge on any atom is -0.497 e. The van der Waals surface area contributed by atoms with E-state index < -0.39 is 5.97 Å². The average molecular weight is 388 g/mol. The molecule has 6 heteroatoms. The number of cyclic esters (lactones) is 1. The summed E-state index contributed by atoms with van der Waals surface area (Å²) in [4.78, 5) is 16.4. The number of benzene rings is 2. The molecule has 0 radical (unpaired) electrons. The Balaban J connectivity index is 1.95. The predicted octanol–water partition coefficient (Wildman–Crippen LogP) is 3.81. The molecule has 0 aromatic heterocycles. The van der Waals surface area contributed by atoms with Crippen molar-refractivity contribution in [2.24, 2.45) is 4.99 Å². The molecule has 0 atom stereocenters. The summed E-state index contributed by atoms with van der Waals surface area (Å²) in [6, 6.07) is 12.7. The third-order valence-electron chi connectivity index (χ3n) is 3.44. The molecule has 2 aromatic rings. The van der Waals surface area contributed by atoms with Crippen molar-refractivity contribution in [3.05, 3.63) is 63.8 Å². The van der Waals surface area contributed by atoms with Crippen LogP contribution >= 0.6 is 15.9 Å². The lowest BCUT2D eigenvalue weighted by Gasteiger charge is -2.07. The highest BCUT2D eigenvalue weighted by Crippen LogP contribution is 2.28. The third-order valence-corrected chi connectivity index (χ3v) is 3.97. The van der Waals surface area contributed by atoms with Gasteiger partial charge in [0.1, 0.15) is 11.5 Å². The Labute approximate surface area is 147 Å². The van der Waals surface area contributed by atoms with Crippen LogP contribution in [0.25, 0.3) is 6.08 Å². The van der Waals surface area contributed by atoms with Gasteiger partial charge in [0.2, 0.25) is 5.90 Å². The van der Waals surface area contributed by atoms with Crippen molar-refractivity contribution in [2.45, 2.75) is 0 Å². The van der Waals surface area contributed by atoms with E-state index in [1.165, 1.54) is 0 Å². The van der Waals surface area contributed by atoms with Gasteiger partial charge in [0.15, 0.2) is 5.70 Å². The lowest BCUT2D eigenvalue weighted by Crippen LogP contribution is -2.05. The first-order valence-electron chi connectivity index (χ1n) is 7.11. The van der Waals surface area contributed by atoms with E-state index >= 15 is 0 Å². The van der Waals surface area contributed by atoms with Crippen molar-refractivity contribution in [2.75, 3.05) is 14.2 Å². The number of methoxy groups -OCH3 is 2. The van der Waals surface area contributed by atoms with Crippen molar-refractivity contribution in [1.82, 2.24) is 0 Å². The fourth-order valence-corrected chi connectivity index (χ4v) is 2.47. The molecule has 122 valence electrons. The fraction of sp³-hybridized carbons (Fsp3) is 0.111. The molecule has 0 unspecified atom stereocenters. The molecule has 0 fully saturated rings. The summed E-state index contributed by atoms with van der Waals surface area (Å²) in [5.74, 6) is 1.04. The van der Waals surface area contributed by atoms with Gasteiger partial charge >= 0.3 is 5.97 Å². The largest absolute Gasteiger partial charge is 0.497 e. The Hall–Kier alpha value is -2.60. The van der Waals surface area contributed by atoms with E-state index in [4.69, 9.17) is 14.2 Å². The molecule has 0 N–H and O–H groups in total. The Morgan fingerprint density at radius 2 is 1.83 bits per heavy atom. The van der Waals surface area contributed by atoms with Crippen LogP contribution < -0.4 is 9.47 Å². The smallest absolute Gasteiger partial charge is 0.363 e. The quantitative estimate of drug-likeness (QED) is 0.591. The van der Waals surface area contributed by atoms with Gasteiger partial charge in [-0.05, 0) is 42.5 Å². The van der Waals surface area contributed by atoms with Crippen LogP contribution in [0.15, 0.2) is 57.6 Å². The molecule has 0 saturated heterocycles. The molecule has 1 heterocycles. The number of esters is 1. The Morgan fingerprint density at radius 1 is 1.08 bits per heavy atom. The van der Waals surface area contributed by atoms with Crippen LogP contribution in [0.4, 0.5) is 0 Å². The predicted molar refractivity (Wildman–Crippen MR) is 94.3 cm³/mol. The van der Waals surface area contributed by atoms with E-state index in [-0.39, 0.29) is 11.6 Å². The summed E-state index contributed by atoms with van der Waals surface area (Å²) in [7, 11) is 3.14. The van der Waals surface area contributed by atoms with Crippen molar-refractivity contribution in [3.63, 3.8) is 0 Å². The van der Waals surface area contributed by atoms with Crippen LogP contribution in [0.1, 0.15) is 11.1 Å². The standard InChI is InChI=1S/C18H14BrNO4/c1-22-14-8-5-12(16(10-14)23-2)9-15-18(21)24-17(20-15)11-3-6-13(19)7-4-11/h3-10H,1-2H3/b15-9+. The SMILES string of the molecule is COc1ccc(/C=C2/N=C(c3ccc(Br)cc3)OC2=O)c(OC)c1. The monoisotopic (exact) mass is 387 g/mol. The van der Waals surface area contributed by atoms with Crippen LogP contribution in [0.3, 0.4) is 0 Å². The van der Waals surface area contributed by atoms with Crippen LogP contribution in [0, 0.1) is 0 Å². The van der Waals surface area contributed by atoms with Gasteiger partial charge in [-0.1, -0.05) is 15.9 Å². The van der Waals surface area contributed by atoms with Crippen LogP contribution in [-0.2, 0) is 9.53 Å². The minimum atomic E-state index is -0.495. The molecule has 24 heavy (non-hydrogen) atoms. The summed E-state index contributed by atoms with van der Waals surface area (Å²) in [5, 5.41) is 0. The molecule has 5 nitrogen and oxygen atoms in total. The first-order chi connectivity index (χ1) is 11.6. The van der Waals surface area contributed by atoms with Gasteiger partial charge in [0.25, 0.3) is 0 Å². The van der Waals surface area contributed by atoms with Gasteiger partial charge in [-0.3, -0.25) is 0 Å². The topological polar surface area (TPSA) is 57.1 Å². The molecule has 0 amide bonds. The highest BCUT2D eigenvalue weighted by Gasteiger charge is 2.24. The van der Waals surface area contributed by atoms with E-state index in [2.05, 4.69) is 20.9 Å².